The monoisotopic (exact) mass is 622 g/mol. The van der Waals surface area contributed by atoms with Gasteiger partial charge in [0.05, 0.1) is 24.9 Å². The first kappa shape index (κ1) is 31.8. The molecule has 4 heterocycles. The summed E-state index contributed by atoms with van der Waals surface area (Å²) in [4.78, 5) is 30.7. The lowest BCUT2D eigenvalue weighted by molar-refractivity contribution is -0.165. The number of benzene rings is 1. The predicted molar refractivity (Wildman–Crippen MR) is 163 cm³/mol. The average Bonchev–Trinajstić information content (AvgIpc) is 3.03. The number of nitrogens with zero attached hydrogens (tertiary/aromatic N) is 7. The van der Waals surface area contributed by atoms with Crippen molar-refractivity contribution in [2.24, 2.45) is 0 Å². The predicted octanol–water partition coefficient (Wildman–Crippen LogP) is 3.30. The van der Waals surface area contributed by atoms with Gasteiger partial charge in [-0.3, -0.25) is 4.79 Å². The van der Waals surface area contributed by atoms with E-state index in [1.54, 1.807) is 19.2 Å². The van der Waals surface area contributed by atoms with Gasteiger partial charge in [-0.15, -0.1) is 0 Å². The Kier molecular flexibility index (Phi) is 9.31. The summed E-state index contributed by atoms with van der Waals surface area (Å²) in [6.45, 7) is 5.20. The van der Waals surface area contributed by atoms with Crippen molar-refractivity contribution in [3.8, 4) is 29.0 Å². The molecule has 2 aromatic heterocycles. The number of hydrogen-bond donors (Lipinski definition) is 2. The van der Waals surface area contributed by atoms with Crippen molar-refractivity contribution in [1.29, 1.82) is 5.26 Å². The highest BCUT2D eigenvalue weighted by Gasteiger charge is 2.48. The second kappa shape index (κ2) is 13.2. The van der Waals surface area contributed by atoms with Gasteiger partial charge >= 0.3 is 5.92 Å². The molecular formula is C31H36F2N8O4. The van der Waals surface area contributed by atoms with E-state index in [4.69, 9.17) is 9.47 Å². The molecule has 0 spiro atoms. The van der Waals surface area contributed by atoms with Crippen molar-refractivity contribution in [2.75, 3.05) is 57.1 Å². The molecule has 12 nitrogen and oxygen atoms in total. The summed E-state index contributed by atoms with van der Waals surface area (Å²) in [6.07, 6.45) is -1.70. The summed E-state index contributed by atoms with van der Waals surface area (Å²) in [5.74, 6) is -2.68. The fraction of sp³-hybridized carbons (Fsp3) is 0.452. The topological polar surface area (TPSA) is 140 Å². The molecule has 5 rings (SSSR count). The Balaban J connectivity index is 1.30. The van der Waals surface area contributed by atoms with Gasteiger partial charge in [0.1, 0.15) is 41.6 Å². The molecule has 0 aliphatic carbocycles. The quantitative estimate of drug-likeness (QED) is 0.383. The number of nitrogens with one attached hydrogen (secondary N) is 1. The number of ether oxygens (including phenoxy) is 2. The fourth-order valence-corrected chi connectivity index (χ4v) is 5.43. The molecule has 2 aliphatic rings. The van der Waals surface area contributed by atoms with Crippen LogP contribution in [0.15, 0.2) is 42.7 Å². The maximum Gasteiger partial charge on any atom is 0.301 e. The third-order valence-electron chi connectivity index (χ3n) is 8.13. The first-order valence-corrected chi connectivity index (χ1v) is 14.6. The minimum atomic E-state index is -3.38. The van der Waals surface area contributed by atoms with Crippen molar-refractivity contribution in [3.63, 3.8) is 0 Å². The lowest BCUT2D eigenvalue weighted by atomic mass is 10.0. The van der Waals surface area contributed by atoms with Crippen LogP contribution in [0, 0.1) is 11.3 Å². The summed E-state index contributed by atoms with van der Waals surface area (Å²) >= 11 is 0. The van der Waals surface area contributed by atoms with Crippen LogP contribution in [0.4, 0.5) is 26.1 Å². The van der Waals surface area contributed by atoms with Crippen LogP contribution in [0.1, 0.15) is 25.8 Å². The molecule has 14 heteroatoms. The number of nitriles is 1. The van der Waals surface area contributed by atoms with Gasteiger partial charge in [0, 0.05) is 50.3 Å². The maximum atomic E-state index is 14.9. The number of alkyl halides is 2. The standard InChI is InChI=1S/C31H36F2N8O4/c1-19-16-40(12-11-39(19)3)24-6-8-27(38-29(24)44-4)37-28-14-23(35-18-36-28)21-5-7-25(22(13-21)15-34)45-26-9-10-41(17-31(26,32)33)30(43)20(2)42/h5-8,13-14,18-20,26,42H,9-12,16-17H2,1-4H3,(H,35,36,37,38)/t19?,20-,26?/m1/s1. The molecule has 238 valence electrons. The number of aliphatic hydroxyl groups is 1. The van der Waals surface area contributed by atoms with E-state index in [2.05, 4.69) is 44.0 Å². The van der Waals surface area contributed by atoms with Crippen LogP contribution >= 0.6 is 0 Å². The van der Waals surface area contributed by atoms with Crippen molar-refractivity contribution in [1.82, 2.24) is 24.8 Å². The van der Waals surface area contributed by atoms with Crippen molar-refractivity contribution >= 4 is 23.2 Å². The molecule has 1 aromatic carbocycles. The van der Waals surface area contributed by atoms with Crippen LogP contribution < -0.4 is 19.7 Å². The number of aromatic nitrogens is 3. The summed E-state index contributed by atoms with van der Waals surface area (Å²) in [5, 5.41) is 22.5. The average molecular weight is 623 g/mol. The van der Waals surface area contributed by atoms with Gasteiger partial charge in [-0.25, -0.2) is 18.7 Å². The van der Waals surface area contributed by atoms with E-state index >= 15 is 0 Å². The Bertz CT molecular complexity index is 1580. The number of rotatable bonds is 8. The minimum absolute atomic E-state index is 0.000221. The summed E-state index contributed by atoms with van der Waals surface area (Å²) in [7, 11) is 3.70. The fourth-order valence-electron chi connectivity index (χ4n) is 5.43. The van der Waals surface area contributed by atoms with E-state index in [9.17, 15) is 23.9 Å². The SMILES string of the molecule is COc1nc(Nc2cc(-c3ccc(OC4CCN(C(=O)[C@@H](C)O)CC4(F)F)c(C#N)c3)ncn2)ccc1N1CCN(C)C(C)C1. The first-order valence-electron chi connectivity index (χ1n) is 14.6. The number of anilines is 3. The molecule has 3 atom stereocenters. The van der Waals surface area contributed by atoms with Gasteiger partial charge in [-0.1, -0.05) is 0 Å². The molecule has 2 aliphatic heterocycles. The van der Waals surface area contributed by atoms with Gasteiger partial charge < -0.3 is 34.6 Å². The van der Waals surface area contributed by atoms with Crippen molar-refractivity contribution in [2.45, 2.75) is 44.4 Å². The van der Waals surface area contributed by atoms with E-state index in [0.717, 1.165) is 30.2 Å². The second-order valence-corrected chi connectivity index (χ2v) is 11.3. The molecule has 2 saturated heterocycles. The highest BCUT2D eigenvalue weighted by atomic mass is 19.3. The van der Waals surface area contributed by atoms with E-state index in [1.807, 2.05) is 18.2 Å². The first-order chi connectivity index (χ1) is 21.5. The number of methoxy groups -OCH3 is 1. The Morgan fingerprint density at radius 1 is 1.18 bits per heavy atom. The van der Waals surface area contributed by atoms with Crippen LogP contribution in [0.25, 0.3) is 11.3 Å². The third kappa shape index (κ3) is 7.05. The van der Waals surface area contributed by atoms with Crippen molar-refractivity contribution in [3.05, 3.63) is 48.3 Å². The second-order valence-electron chi connectivity index (χ2n) is 11.3. The Morgan fingerprint density at radius 3 is 2.67 bits per heavy atom. The molecule has 3 aromatic rings. The number of likely N-dealkylation sites (tertiary alicyclic amines) is 1. The maximum absolute atomic E-state index is 14.9. The highest BCUT2D eigenvalue weighted by molar-refractivity contribution is 5.80. The smallest absolute Gasteiger partial charge is 0.301 e. The summed E-state index contributed by atoms with van der Waals surface area (Å²) < 4.78 is 41.0. The number of piperidine rings is 1. The van der Waals surface area contributed by atoms with Gasteiger partial charge in [0.15, 0.2) is 6.10 Å². The van der Waals surface area contributed by atoms with Crippen LogP contribution in [-0.2, 0) is 4.79 Å². The Labute approximate surface area is 260 Å². The lowest BCUT2D eigenvalue weighted by Crippen LogP contribution is -2.56. The molecule has 0 bridgehead atoms. The Morgan fingerprint density at radius 2 is 1.98 bits per heavy atom. The number of aliphatic hydroxyl groups excluding tert-OH is 1. The lowest BCUT2D eigenvalue weighted by Gasteiger charge is -2.39. The molecule has 0 saturated carbocycles. The summed E-state index contributed by atoms with van der Waals surface area (Å²) in [5.41, 5.74) is 2.01. The number of pyridine rings is 1. The number of likely N-dealkylation sites (N-methyl/N-ethyl adjacent to an activating group) is 1. The zero-order valence-corrected chi connectivity index (χ0v) is 25.6. The van der Waals surface area contributed by atoms with E-state index < -0.39 is 30.6 Å². The molecule has 2 unspecified atom stereocenters. The van der Waals surface area contributed by atoms with Crippen molar-refractivity contribution < 1.29 is 28.2 Å². The van der Waals surface area contributed by atoms with E-state index in [1.165, 1.54) is 25.4 Å². The number of carbonyl (C=O) groups excluding carboxylic acids is 1. The van der Waals surface area contributed by atoms with Gasteiger partial charge in [0.25, 0.3) is 5.91 Å². The molecule has 2 N–H and O–H groups in total. The highest BCUT2D eigenvalue weighted by Crippen LogP contribution is 2.35. The summed E-state index contributed by atoms with van der Waals surface area (Å²) in [6, 6.07) is 12.5. The van der Waals surface area contributed by atoms with Gasteiger partial charge in [0.2, 0.25) is 5.88 Å². The molecule has 45 heavy (non-hydrogen) atoms. The Hall–Kier alpha value is -4.61. The third-order valence-corrected chi connectivity index (χ3v) is 8.13. The minimum Gasteiger partial charge on any atom is -0.483 e. The van der Waals surface area contributed by atoms with Gasteiger partial charge in [-0.2, -0.15) is 10.2 Å². The number of carbonyl (C=O) groups is 1. The molecule has 0 radical (unpaired) electrons. The van der Waals surface area contributed by atoms with E-state index in [-0.39, 0.29) is 24.3 Å². The number of amides is 1. The molecular weight excluding hydrogens is 586 g/mol. The molecule has 2 fully saturated rings. The van der Waals surface area contributed by atoms with E-state index in [0.29, 0.717) is 34.8 Å². The number of hydrogen-bond acceptors (Lipinski definition) is 11. The van der Waals surface area contributed by atoms with Crippen LogP contribution in [-0.4, -0.2) is 107 Å². The number of halogens is 2. The number of piperazine rings is 1. The largest absolute Gasteiger partial charge is 0.483 e. The normalized spacial score (nSPS) is 20.7. The zero-order chi connectivity index (χ0) is 32.3. The van der Waals surface area contributed by atoms with Crippen LogP contribution in [0.5, 0.6) is 11.6 Å². The van der Waals surface area contributed by atoms with Crippen LogP contribution in [0.3, 0.4) is 0 Å². The zero-order valence-electron chi connectivity index (χ0n) is 25.6. The molecule has 1 amide bonds. The van der Waals surface area contributed by atoms with Gasteiger partial charge in [-0.05, 0) is 51.2 Å². The van der Waals surface area contributed by atoms with Crippen LogP contribution in [0.2, 0.25) is 0 Å².